The lowest BCUT2D eigenvalue weighted by atomic mass is 9.99. The first kappa shape index (κ1) is 13.7. The number of hydrogen-bond donors (Lipinski definition) is 1. The van der Waals surface area contributed by atoms with E-state index in [1.807, 2.05) is 0 Å². The van der Waals surface area contributed by atoms with Crippen LogP contribution in [0, 0.1) is 11.3 Å². The van der Waals surface area contributed by atoms with Gasteiger partial charge in [0, 0.05) is 11.2 Å². The number of nitrogens with zero attached hydrogens (tertiary/aromatic N) is 1. The minimum Gasteiger partial charge on any atom is -0.380 e. The molecule has 0 aliphatic heterocycles. The molecule has 0 radical (unpaired) electrons. The van der Waals surface area contributed by atoms with Crippen molar-refractivity contribution in [3.05, 3.63) is 29.3 Å². The standard InChI is InChI=1S/C14H15F3N2/c1-13(6-2-3-7-13)19-11-4-5-12(14(15,16)17)10(8-11)9-18/h4-5,8,19H,2-3,6-7H2,1H3. The molecule has 0 heterocycles. The quantitative estimate of drug-likeness (QED) is 0.867. The summed E-state index contributed by atoms with van der Waals surface area (Å²) in [4.78, 5) is 0. The lowest BCUT2D eigenvalue weighted by Gasteiger charge is -2.27. The van der Waals surface area contributed by atoms with Gasteiger partial charge in [0.2, 0.25) is 0 Å². The Balaban J connectivity index is 2.27. The van der Waals surface area contributed by atoms with Crippen LogP contribution in [0.25, 0.3) is 0 Å². The van der Waals surface area contributed by atoms with Gasteiger partial charge in [0.15, 0.2) is 0 Å². The summed E-state index contributed by atoms with van der Waals surface area (Å²) in [5.41, 5.74) is -0.711. The van der Waals surface area contributed by atoms with E-state index in [1.165, 1.54) is 12.1 Å². The fourth-order valence-electron chi connectivity index (χ4n) is 2.59. The van der Waals surface area contributed by atoms with Crippen molar-refractivity contribution >= 4 is 5.69 Å². The van der Waals surface area contributed by atoms with Crippen LogP contribution >= 0.6 is 0 Å². The molecule has 1 saturated carbocycles. The normalized spacial score (nSPS) is 18.1. The molecule has 2 rings (SSSR count). The molecular formula is C14H15F3N2. The van der Waals surface area contributed by atoms with E-state index in [1.54, 1.807) is 6.07 Å². The van der Waals surface area contributed by atoms with Gasteiger partial charge in [-0.05, 0) is 38.0 Å². The van der Waals surface area contributed by atoms with Crippen molar-refractivity contribution in [1.29, 1.82) is 5.26 Å². The van der Waals surface area contributed by atoms with Gasteiger partial charge in [-0.1, -0.05) is 12.8 Å². The highest BCUT2D eigenvalue weighted by Gasteiger charge is 2.34. The molecule has 0 amide bonds. The lowest BCUT2D eigenvalue weighted by molar-refractivity contribution is -0.137. The number of anilines is 1. The monoisotopic (exact) mass is 268 g/mol. The zero-order valence-corrected chi connectivity index (χ0v) is 10.6. The third-order valence-corrected chi connectivity index (χ3v) is 3.60. The molecule has 2 nitrogen and oxygen atoms in total. The molecule has 0 atom stereocenters. The lowest BCUT2D eigenvalue weighted by Crippen LogP contribution is -2.30. The summed E-state index contributed by atoms with van der Waals surface area (Å²) in [6, 6.07) is 5.27. The zero-order chi connectivity index (χ0) is 14.1. The van der Waals surface area contributed by atoms with Crippen LogP contribution in [0.3, 0.4) is 0 Å². The highest BCUT2D eigenvalue weighted by molar-refractivity contribution is 5.54. The Morgan fingerprint density at radius 1 is 1.26 bits per heavy atom. The third kappa shape index (κ3) is 3.01. The molecule has 1 fully saturated rings. The molecular weight excluding hydrogens is 253 g/mol. The minimum absolute atomic E-state index is 0.0769. The van der Waals surface area contributed by atoms with Crippen molar-refractivity contribution in [3.8, 4) is 6.07 Å². The smallest absolute Gasteiger partial charge is 0.380 e. The van der Waals surface area contributed by atoms with Gasteiger partial charge in [-0.15, -0.1) is 0 Å². The van der Waals surface area contributed by atoms with Crippen molar-refractivity contribution in [1.82, 2.24) is 0 Å². The summed E-state index contributed by atoms with van der Waals surface area (Å²) in [6.45, 7) is 2.06. The number of alkyl halides is 3. The van der Waals surface area contributed by atoms with Crippen LogP contribution in [-0.4, -0.2) is 5.54 Å². The van der Waals surface area contributed by atoms with Crippen LogP contribution in [0.5, 0.6) is 0 Å². The van der Waals surface area contributed by atoms with Gasteiger partial charge < -0.3 is 5.32 Å². The van der Waals surface area contributed by atoms with Crippen LogP contribution in [0.2, 0.25) is 0 Å². The molecule has 1 aliphatic rings. The average molecular weight is 268 g/mol. The van der Waals surface area contributed by atoms with Crippen molar-refractivity contribution in [3.63, 3.8) is 0 Å². The Hall–Kier alpha value is -1.70. The molecule has 1 N–H and O–H groups in total. The molecule has 5 heteroatoms. The van der Waals surface area contributed by atoms with E-state index in [0.29, 0.717) is 5.69 Å². The Labute approximate surface area is 110 Å². The van der Waals surface area contributed by atoms with Gasteiger partial charge in [-0.25, -0.2) is 0 Å². The molecule has 0 unspecified atom stereocenters. The Kier molecular flexibility index (Phi) is 3.44. The predicted molar refractivity (Wildman–Crippen MR) is 66.7 cm³/mol. The minimum atomic E-state index is -4.49. The summed E-state index contributed by atoms with van der Waals surface area (Å²) in [5.74, 6) is 0. The average Bonchev–Trinajstić information content (AvgIpc) is 2.74. The second kappa shape index (κ2) is 4.76. The number of rotatable bonds is 2. The van der Waals surface area contributed by atoms with Gasteiger partial charge in [-0.2, -0.15) is 18.4 Å². The summed E-state index contributed by atoms with van der Waals surface area (Å²) >= 11 is 0. The van der Waals surface area contributed by atoms with Gasteiger partial charge >= 0.3 is 6.18 Å². The number of halogens is 3. The molecule has 0 aromatic heterocycles. The zero-order valence-electron chi connectivity index (χ0n) is 10.6. The van der Waals surface area contributed by atoms with Crippen LogP contribution in [0.15, 0.2) is 18.2 Å². The van der Waals surface area contributed by atoms with Gasteiger partial charge in [0.05, 0.1) is 17.2 Å². The number of nitriles is 1. The summed E-state index contributed by atoms with van der Waals surface area (Å²) in [6.07, 6.45) is -0.253. The summed E-state index contributed by atoms with van der Waals surface area (Å²) in [5, 5.41) is 12.1. The first-order chi connectivity index (χ1) is 8.84. The number of nitrogens with one attached hydrogen (secondary N) is 1. The van der Waals surface area contributed by atoms with Crippen molar-refractivity contribution in [2.24, 2.45) is 0 Å². The highest BCUT2D eigenvalue weighted by Crippen LogP contribution is 2.36. The molecule has 0 spiro atoms. The van der Waals surface area contributed by atoms with Crippen molar-refractivity contribution in [2.45, 2.75) is 44.3 Å². The predicted octanol–water partition coefficient (Wildman–Crippen LogP) is 4.32. The molecule has 102 valence electrons. The Bertz CT molecular complexity index is 508. The first-order valence-electron chi connectivity index (χ1n) is 6.24. The Morgan fingerprint density at radius 3 is 2.42 bits per heavy atom. The van der Waals surface area contributed by atoms with Crippen LogP contribution in [0.1, 0.15) is 43.7 Å². The van der Waals surface area contributed by atoms with Crippen LogP contribution < -0.4 is 5.32 Å². The molecule has 0 saturated heterocycles. The van der Waals surface area contributed by atoms with Crippen molar-refractivity contribution < 1.29 is 13.2 Å². The van der Waals surface area contributed by atoms with E-state index in [-0.39, 0.29) is 11.1 Å². The fraction of sp³-hybridized carbons (Fsp3) is 0.500. The molecule has 0 bridgehead atoms. The second-order valence-corrected chi connectivity index (χ2v) is 5.26. The van der Waals surface area contributed by atoms with Crippen molar-refractivity contribution in [2.75, 3.05) is 5.32 Å². The van der Waals surface area contributed by atoms with E-state index in [9.17, 15) is 13.2 Å². The maximum atomic E-state index is 12.7. The molecule has 19 heavy (non-hydrogen) atoms. The van der Waals surface area contributed by atoms with Gasteiger partial charge in [0.25, 0.3) is 0 Å². The largest absolute Gasteiger partial charge is 0.417 e. The van der Waals surface area contributed by atoms with E-state index in [4.69, 9.17) is 5.26 Å². The third-order valence-electron chi connectivity index (χ3n) is 3.60. The van der Waals surface area contributed by atoms with E-state index in [2.05, 4.69) is 12.2 Å². The van der Waals surface area contributed by atoms with Gasteiger partial charge in [0.1, 0.15) is 0 Å². The molecule has 1 aliphatic carbocycles. The molecule has 1 aromatic rings. The SMILES string of the molecule is CC1(Nc2ccc(C(F)(F)F)c(C#N)c2)CCCC1. The maximum Gasteiger partial charge on any atom is 0.417 e. The fourth-order valence-corrected chi connectivity index (χ4v) is 2.59. The van der Waals surface area contributed by atoms with Crippen LogP contribution in [-0.2, 0) is 6.18 Å². The van der Waals surface area contributed by atoms with E-state index >= 15 is 0 Å². The summed E-state index contributed by atoms with van der Waals surface area (Å²) in [7, 11) is 0. The first-order valence-corrected chi connectivity index (χ1v) is 6.24. The Morgan fingerprint density at radius 2 is 1.89 bits per heavy atom. The number of hydrogen-bond acceptors (Lipinski definition) is 2. The number of benzene rings is 1. The topological polar surface area (TPSA) is 35.8 Å². The maximum absolute atomic E-state index is 12.7. The second-order valence-electron chi connectivity index (χ2n) is 5.26. The van der Waals surface area contributed by atoms with Gasteiger partial charge in [-0.3, -0.25) is 0 Å². The summed E-state index contributed by atoms with van der Waals surface area (Å²) < 4.78 is 38.0. The van der Waals surface area contributed by atoms with Crippen LogP contribution in [0.4, 0.5) is 18.9 Å². The highest BCUT2D eigenvalue weighted by atomic mass is 19.4. The van der Waals surface area contributed by atoms with E-state index in [0.717, 1.165) is 31.7 Å². The van der Waals surface area contributed by atoms with E-state index < -0.39 is 11.7 Å². The molecule has 1 aromatic carbocycles.